The summed E-state index contributed by atoms with van der Waals surface area (Å²) in [7, 11) is 0. The van der Waals surface area contributed by atoms with Crippen molar-refractivity contribution in [3.63, 3.8) is 0 Å². The number of halogens is 1. The summed E-state index contributed by atoms with van der Waals surface area (Å²) in [5, 5.41) is 1.80. The van der Waals surface area contributed by atoms with Crippen molar-refractivity contribution in [3.8, 4) is 0 Å². The molecule has 0 spiro atoms. The number of thiophene rings is 1. The predicted molar refractivity (Wildman–Crippen MR) is 72.7 cm³/mol. The van der Waals surface area contributed by atoms with Gasteiger partial charge in [0.2, 0.25) is 0 Å². The SMILES string of the molecule is CCOC(=O)CN(C(=O)c1csc(Br)c1)C1CC1. The smallest absolute Gasteiger partial charge is 0.325 e. The largest absolute Gasteiger partial charge is 0.465 e. The summed E-state index contributed by atoms with van der Waals surface area (Å²) in [6, 6.07) is 1.98. The molecule has 1 aromatic heterocycles. The molecule has 1 amide bonds. The molecule has 0 radical (unpaired) electrons. The van der Waals surface area contributed by atoms with Gasteiger partial charge in [-0.3, -0.25) is 9.59 Å². The molecule has 1 saturated carbocycles. The van der Waals surface area contributed by atoms with Crippen LogP contribution in [0.2, 0.25) is 0 Å². The lowest BCUT2D eigenvalue weighted by molar-refractivity contribution is -0.143. The highest BCUT2D eigenvalue weighted by atomic mass is 79.9. The summed E-state index contributed by atoms with van der Waals surface area (Å²) in [5.41, 5.74) is 0.628. The summed E-state index contributed by atoms with van der Waals surface area (Å²) in [5.74, 6) is -0.431. The first kappa shape index (κ1) is 13.5. The van der Waals surface area contributed by atoms with Crippen LogP contribution in [-0.4, -0.2) is 36.0 Å². The van der Waals surface area contributed by atoms with E-state index < -0.39 is 0 Å². The maximum atomic E-state index is 12.3. The Labute approximate surface area is 118 Å². The van der Waals surface area contributed by atoms with Crippen molar-refractivity contribution >= 4 is 39.1 Å². The van der Waals surface area contributed by atoms with E-state index in [2.05, 4.69) is 15.9 Å². The quantitative estimate of drug-likeness (QED) is 0.779. The monoisotopic (exact) mass is 331 g/mol. The molecule has 1 aliphatic rings. The number of nitrogens with zero attached hydrogens (tertiary/aromatic N) is 1. The van der Waals surface area contributed by atoms with Gasteiger partial charge in [-0.05, 0) is 41.8 Å². The van der Waals surface area contributed by atoms with E-state index in [4.69, 9.17) is 4.74 Å². The fraction of sp³-hybridized carbons (Fsp3) is 0.500. The Morgan fingerprint density at radius 2 is 2.28 bits per heavy atom. The van der Waals surface area contributed by atoms with Crippen molar-refractivity contribution in [2.75, 3.05) is 13.2 Å². The second-order valence-electron chi connectivity index (χ2n) is 4.11. The number of hydrogen-bond acceptors (Lipinski definition) is 4. The number of rotatable bonds is 5. The lowest BCUT2D eigenvalue weighted by Gasteiger charge is -2.20. The second-order valence-corrected chi connectivity index (χ2v) is 6.40. The highest BCUT2D eigenvalue weighted by molar-refractivity contribution is 9.11. The maximum Gasteiger partial charge on any atom is 0.325 e. The van der Waals surface area contributed by atoms with E-state index in [-0.39, 0.29) is 24.5 Å². The molecule has 18 heavy (non-hydrogen) atoms. The number of hydrogen-bond donors (Lipinski definition) is 0. The molecule has 4 nitrogen and oxygen atoms in total. The maximum absolute atomic E-state index is 12.3. The average molecular weight is 332 g/mol. The van der Waals surface area contributed by atoms with Crippen LogP contribution in [0.1, 0.15) is 30.1 Å². The summed E-state index contributed by atoms with van der Waals surface area (Å²) in [4.78, 5) is 25.4. The van der Waals surface area contributed by atoms with Gasteiger partial charge < -0.3 is 9.64 Å². The number of carbonyl (C=O) groups excluding carboxylic acids is 2. The third-order valence-corrected chi connectivity index (χ3v) is 4.17. The Morgan fingerprint density at radius 3 is 2.78 bits per heavy atom. The Hall–Kier alpha value is -0.880. The van der Waals surface area contributed by atoms with Gasteiger partial charge in [-0.1, -0.05) is 0 Å². The van der Waals surface area contributed by atoms with Gasteiger partial charge in [0.1, 0.15) is 6.54 Å². The van der Waals surface area contributed by atoms with Gasteiger partial charge in [-0.25, -0.2) is 0 Å². The van der Waals surface area contributed by atoms with Crippen LogP contribution in [0, 0.1) is 0 Å². The van der Waals surface area contributed by atoms with E-state index in [0.717, 1.165) is 16.6 Å². The second kappa shape index (κ2) is 5.84. The highest BCUT2D eigenvalue weighted by Crippen LogP contribution is 2.30. The Balaban J connectivity index is 2.05. The van der Waals surface area contributed by atoms with E-state index in [1.807, 2.05) is 0 Å². The van der Waals surface area contributed by atoms with E-state index in [0.29, 0.717) is 12.2 Å². The Morgan fingerprint density at radius 1 is 1.56 bits per heavy atom. The molecule has 1 fully saturated rings. The van der Waals surface area contributed by atoms with Gasteiger partial charge in [-0.2, -0.15) is 0 Å². The molecule has 0 atom stereocenters. The molecular weight excluding hydrogens is 318 g/mol. The molecule has 0 unspecified atom stereocenters. The van der Waals surface area contributed by atoms with Crippen molar-refractivity contribution in [2.45, 2.75) is 25.8 Å². The number of carbonyl (C=O) groups is 2. The van der Waals surface area contributed by atoms with Crippen molar-refractivity contribution in [1.29, 1.82) is 0 Å². The minimum Gasteiger partial charge on any atom is -0.465 e. The van der Waals surface area contributed by atoms with Crippen LogP contribution < -0.4 is 0 Å². The predicted octanol–water partition coefficient (Wildman–Crippen LogP) is 2.68. The van der Waals surface area contributed by atoms with Gasteiger partial charge in [0, 0.05) is 11.4 Å². The van der Waals surface area contributed by atoms with Crippen LogP contribution in [-0.2, 0) is 9.53 Å². The van der Waals surface area contributed by atoms with Gasteiger partial charge >= 0.3 is 5.97 Å². The van der Waals surface area contributed by atoms with Crippen LogP contribution >= 0.6 is 27.3 Å². The molecule has 98 valence electrons. The summed E-state index contributed by atoms with van der Waals surface area (Å²) < 4.78 is 5.82. The summed E-state index contributed by atoms with van der Waals surface area (Å²) in [6.07, 6.45) is 1.94. The first-order valence-corrected chi connectivity index (χ1v) is 7.49. The Bertz CT molecular complexity index is 456. The van der Waals surface area contributed by atoms with E-state index in [9.17, 15) is 9.59 Å². The molecule has 6 heteroatoms. The zero-order chi connectivity index (χ0) is 13.1. The fourth-order valence-electron chi connectivity index (χ4n) is 1.69. The topological polar surface area (TPSA) is 46.6 Å². The number of amides is 1. The molecule has 0 N–H and O–H groups in total. The molecular formula is C12H14BrNO3S. The summed E-state index contributed by atoms with van der Waals surface area (Å²) in [6.45, 7) is 2.15. The third-order valence-electron chi connectivity index (χ3n) is 2.67. The molecule has 0 aliphatic heterocycles. The van der Waals surface area contributed by atoms with E-state index in [1.165, 1.54) is 11.3 Å². The van der Waals surface area contributed by atoms with E-state index >= 15 is 0 Å². The molecule has 1 aliphatic carbocycles. The molecule has 1 aromatic rings. The van der Waals surface area contributed by atoms with Crippen molar-refractivity contribution in [2.24, 2.45) is 0 Å². The number of ether oxygens (including phenoxy) is 1. The van der Waals surface area contributed by atoms with Crippen molar-refractivity contribution in [1.82, 2.24) is 4.90 Å². The summed E-state index contributed by atoms with van der Waals surface area (Å²) >= 11 is 4.80. The zero-order valence-corrected chi connectivity index (χ0v) is 12.4. The van der Waals surface area contributed by atoms with Crippen LogP contribution in [0.4, 0.5) is 0 Å². The van der Waals surface area contributed by atoms with E-state index in [1.54, 1.807) is 23.3 Å². The minimum absolute atomic E-state index is 0.0464. The number of esters is 1. The third kappa shape index (κ3) is 3.32. The molecule has 0 aromatic carbocycles. The first-order valence-electron chi connectivity index (χ1n) is 5.82. The molecule has 1 heterocycles. The normalized spacial score (nSPS) is 14.3. The molecule has 2 rings (SSSR count). The van der Waals surface area contributed by atoms with Gasteiger partial charge in [-0.15, -0.1) is 11.3 Å². The fourth-order valence-corrected chi connectivity index (χ4v) is 2.82. The van der Waals surface area contributed by atoms with Crippen LogP contribution in [0.5, 0.6) is 0 Å². The lowest BCUT2D eigenvalue weighted by atomic mass is 10.3. The van der Waals surface area contributed by atoms with Gasteiger partial charge in [0.05, 0.1) is 16.0 Å². The molecule has 0 bridgehead atoms. The van der Waals surface area contributed by atoms with Crippen LogP contribution in [0.3, 0.4) is 0 Å². The highest BCUT2D eigenvalue weighted by Gasteiger charge is 2.34. The lowest BCUT2D eigenvalue weighted by Crippen LogP contribution is -2.38. The Kier molecular flexibility index (Phi) is 4.40. The van der Waals surface area contributed by atoms with Gasteiger partial charge in [0.25, 0.3) is 5.91 Å². The van der Waals surface area contributed by atoms with Crippen LogP contribution in [0.15, 0.2) is 15.2 Å². The van der Waals surface area contributed by atoms with Gasteiger partial charge in [0.15, 0.2) is 0 Å². The van der Waals surface area contributed by atoms with Crippen LogP contribution in [0.25, 0.3) is 0 Å². The minimum atomic E-state index is -0.341. The van der Waals surface area contributed by atoms with Crippen molar-refractivity contribution < 1.29 is 14.3 Å². The standard InChI is InChI=1S/C12H14BrNO3S/c1-2-17-11(15)6-14(9-3-4-9)12(16)8-5-10(13)18-7-8/h5,7,9H,2-4,6H2,1H3. The zero-order valence-electron chi connectivity index (χ0n) is 10.0. The average Bonchev–Trinajstić information content (AvgIpc) is 3.08. The first-order chi connectivity index (χ1) is 8.61. The molecule has 0 saturated heterocycles. The van der Waals surface area contributed by atoms with Crippen molar-refractivity contribution in [3.05, 3.63) is 20.8 Å².